The van der Waals surface area contributed by atoms with Crippen molar-refractivity contribution in [2.45, 2.75) is 45.8 Å². The number of aromatic carboxylic acids is 1. The summed E-state index contributed by atoms with van der Waals surface area (Å²) in [6.07, 6.45) is 2.54. The van der Waals surface area contributed by atoms with Crippen LogP contribution in [0.25, 0.3) is 0 Å². The number of hydrogen-bond acceptors (Lipinski definition) is 3. The summed E-state index contributed by atoms with van der Waals surface area (Å²) in [6.45, 7) is 5.95. The van der Waals surface area contributed by atoms with Gasteiger partial charge in [-0.25, -0.2) is 4.79 Å². The highest BCUT2D eigenvalue weighted by Gasteiger charge is 2.16. The fourth-order valence-electron chi connectivity index (χ4n) is 1.59. The predicted molar refractivity (Wildman–Crippen MR) is 66.5 cm³/mol. The molecule has 100 valence electrons. The minimum absolute atomic E-state index is 0.235. The average Bonchev–Trinajstić information content (AvgIpc) is 2.62. The molecule has 0 saturated carbocycles. The van der Waals surface area contributed by atoms with Gasteiger partial charge in [0.1, 0.15) is 11.3 Å². The third kappa shape index (κ3) is 4.61. The molecular weight excluding hydrogens is 234 g/mol. The summed E-state index contributed by atoms with van der Waals surface area (Å²) >= 11 is 0. The number of carboxylic acid groups (broad SMARTS) is 1. The van der Waals surface area contributed by atoms with E-state index in [1.165, 1.54) is 6.07 Å². The maximum absolute atomic E-state index is 11.5. The van der Waals surface area contributed by atoms with E-state index in [0.717, 1.165) is 0 Å². The average molecular weight is 253 g/mol. The van der Waals surface area contributed by atoms with Gasteiger partial charge in [0.05, 0.1) is 0 Å². The van der Waals surface area contributed by atoms with Crippen LogP contribution in [-0.2, 0) is 16.1 Å². The van der Waals surface area contributed by atoms with Gasteiger partial charge in [-0.1, -0.05) is 0 Å². The molecule has 0 aliphatic rings. The molecule has 0 bridgehead atoms. The van der Waals surface area contributed by atoms with Crippen molar-refractivity contribution in [3.05, 3.63) is 24.0 Å². The fraction of sp³-hybridized carbons (Fsp3) is 0.538. The van der Waals surface area contributed by atoms with Gasteiger partial charge in [-0.2, -0.15) is 0 Å². The van der Waals surface area contributed by atoms with Crippen molar-refractivity contribution >= 4 is 11.9 Å². The summed E-state index contributed by atoms with van der Waals surface area (Å²) in [5, 5.41) is 8.90. The molecule has 0 amide bonds. The Morgan fingerprint density at radius 3 is 2.61 bits per heavy atom. The molecule has 18 heavy (non-hydrogen) atoms. The van der Waals surface area contributed by atoms with E-state index in [1.807, 2.05) is 20.8 Å². The highest BCUT2D eigenvalue weighted by molar-refractivity contribution is 5.85. The Morgan fingerprint density at radius 1 is 1.39 bits per heavy atom. The lowest BCUT2D eigenvalue weighted by atomic mass is 10.2. The second-order valence-electron chi connectivity index (χ2n) is 5.08. The van der Waals surface area contributed by atoms with E-state index < -0.39 is 11.6 Å². The number of ether oxygens (including phenoxy) is 1. The van der Waals surface area contributed by atoms with E-state index in [1.54, 1.807) is 16.8 Å². The molecule has 1 heterocycles. The van der Waals surface area contributed by atoms with E-state index in [2.05, 4.69) is 0 Å². The van der Waals surface area contributed by atoms with Gasteiger partial charge in [-0.3, -0.25) is 4.79 Å². The first-order valence-corrected chi connectivity index (χ1v) is 5.90. The largest absolute Gasteiger partial charge is 0.477 e. The van der Waals surface area contributed by atoms with E-state index in [-0.39, 0.29) is 18.1 Å². The molecule has 0 aliphatic carbocycles. The molecule has 5 nitrogen and oxygen atoms in total. The van der Waals surface area contributed by atoms with Crippen molar-refractivity contribution in [1.29, 1.82) is 0 Å². The number of carbonyl (C=O) groups excluding carboxylic acids is 1. The topological polar surface area (TPSA) is 68.5 Å². The lowest BCUT2D eigenvalue weighted by Gasteiger charge is -2.19. The first kappa shape index (κ1) is 14.3. The van der Waals surface area contributed by atoms with Crippen LogP contribution in [0.4, 0.5) is 0 Å². The van der Waals surface area contributed by atoms with Crippen LogP contribution in [0.1, 0.15) is 44.1 Å². The summed E-state index contributed by atoms with van der Waals surface area (Å²) in [7, 11) is 0. The molecule has 1 aromatic heterocycles. The van der Waals surface area contributed by atoms with Crippen molar-refractivity contribution in [3.8, 4) is 0 Å². The predicted octanol–water partition coefficient (Wildman–Crippen LogP) is 2.31. The first-order chi connectivity index (χ1) is 8.29. The normalized spacial score (nSPS) is 11.3. The number of esters is 1. The number of carboxylic acids is 1. The van der Waals surface area contributed by atoms with Crippen LogP contribution >= 0.6 is 0 Å². The second kappa shape index (κ2) is 5.71. The zero-order valence-electron chi connectivity index (χ0n) is 11.0. The Hall–Kier alpha value is -1.78. The summed E-state index contributed by atoms with van der Waals surface area (Å²) in [6, 6.07) is 3.22. The third-order valence-electron chi connectivity index (χ3n) is 2.25. The van der Waals surface area contributed by atoms with E-state index in [4.69, 9.17) is 9.84 Å². The molecule has 0 aliphatic heterocycles. The molecule has 0 aromatic carbocycles. The molecule has 5 heteroatoms. The lowest BCUT2D eigenvalue weighted by Crippen LogP contribution is -2.23. The molecule has 0 radical (unpaired) electrons. The Morgan fingerprint density at radius 2 is 2.06 bits per heavy atom. The van der Waals surface area contributed by atoms with Crippen molar-refractivity contribution in [2.24, 2.45) is 0 Å². The molecule has 0 fully saturated rings. The minimum Gasteiger partial charge on any atom is -0.477 e. The lowest BCUT2D eigenvalue weighted by molar-refractivity contribution is -0.154. The van der Waals surface area contributed by atoms with Gasteiger partial charge in [0, 0.05) is 19.2 Å². The Balaban J connectivity index is 2.40. The maximum atomic E-state index is 11.5. The Bertz CT molecular complexity index is 428. The number of aryl methyl sites for hydroxylation is 1. The molecule has 1 rings (SSSR count). The van der Waals surface area contributed by atoms with Gasteiger partial charge in [0.15, 0.2) is 0 Å². The summed E-state index contributed by atoms with van der Waals surface area (Å²) < 4.78 is 6.79. The summed E-state index contributed by atoms with van der Waals surface area (Å²) in [4.78, 5) is 22.3. The van der Waals surface area contributed by atoms with Crippen LogP contribution in [0.15, 0.2) is 18.3 Å². The smallest absolute Gasteiger partial charge is 0.352 e. The highest BCUT2D eigenvalue weighted by atomic mass is 16.6. The summed E-state index contributed by atoms with van der Waals surface area (Å²) in [5.41, 5.74) is -0.240. The molecule has 0 unspecified atom stereocenters. The van der Waals surface area contributed by atoms with Gasteiger partial charge in [0.2, 0.25) is 0 Å². The van der Waals surface area contributed by atoms with Crippen molar-refractivity contribution < 1.29 is 19.4 Å². The molecule has 1 N–H and O–H groups in total. The van der Waals surface area contributed by atoms with Gasteiger partial charge < -0.3 is 14.4 Å². The number of aromatic nitrogens is 1. The third-order valence-corrected chi connectivity index (χ3v) is 2.25. The molecular formula is C13H19NO4. The fourth-order valence-corrected chi connectivity index (χ4v) is 1.59. The van der Waals surface area contributed by atoms with Crippen LogP contribution in [0, 0.1) is 0 Å². The number of rotatable bonds is 5. The minimum atomic E-state index is -0.961. The Labute approximate surface area is 106 Å². The van der Waals surface area contributed by atoms with Crippen LogP contribution < -0.4 is 0 Å². The van der Waals surface area contributed by atoms with Crippen molar-refractivity contribution in [1.82, 2.24) is 4.57 Å². The van der Waals surface area contributed by atoms with Crippen LogP contribution in [0.3, 0.4) is 0 Å². The van der Waals surface area contributed by atoms with E-state index in [9.17, 15) is 9.59 Å². The van der Waals surface area contributed by atoms with Gasteiger partial charge in [-0.05, 0) is 39.3 Å². The molecule has 0 atom stereocenters. The van der Waals surface area contributed by atoms with Crippen LogP contribution in [-0.4, -0.2) is 27.2 Å². The van der Waals surface area contributed by atoms with E-state index in [0.29, 0.717) is 13.0 Å². The van der Waals surface area contributed by atoms with Crippen molar-refractivity contribution in [3.63, 3.8) is 0 Å². The van der Waals surface area contributed by atoms with Crippen LogP contribution in [0.2, 0.25) is 0 Å². The zero-order valence-corrected chi connectivity index (χ0v) is 11.0. The first-order valence-electron chi connectivity index (χ1n) is 5.90. The SMILES string of the molecule is CC(C)(C)OC(=O)CCCn1cccc1C(=O)O. The number of nitrogens with zero attached hydrogens (tertiary/aromatic N) is 1. The molecule has 1 aromatic rings. The quantitative estimate of drug-likeness (QED) is 0.817. The zero-order chi connectivity index (χ0) is 13.8. The monoisotopic (exact) mass is 253 g/mol. The second-order valence-corrected chi connectivity index (χ2v) is 5.08. The standard InChI is InChI=1S/C13H19NO4/c1-13(2,3)18-11(15)7-5-9-14-8-4-6-10(14)12(16)17/h4,6,8H,5,7,9H2,1-3H3,(H,16,17). The maximum Gasteiger partial charge on any atom is 0.352 e. The van der Waals surface area contributed by atoms with Gasteiger partial charge in [-0.15, -0.1) is 0 Å². The number of hydrogen-bond donors (Lipinski definition) is 1. The number of carbonyl (C=O) groups is 2. The molecule has 0 saturated heterocycles. The van der Waals surface area contributed by atoms with Crippen molar-refractivity contribution in [2.75, 3.05) is 0 Å². The van der Waals surface area contributed by atoms with E-state index >= 15 is 0 Å². The van der Waals surface area contributed by atoms with Gasteiger partial charge >= 0.3 is 11.9 Å². The van der Waals surface area contributed by atoms with Crippen LogP contribution in [0.5, 0.6) is 0 Å². The summed E-state index contributed by atoms with van der Waals surface area (Å²) in [5.74, 6) is -1.22. The Kier molecular flexibility index (Phi) is 4.53. The van der Waals surface area contributed by atoms with Gasteiger partial charge in [0.25, 0.3) is 0 Å². The molecule has 0 spiro atoms. The highest BCUT2D eigenvalue weighted by Crippen LogP contribution is 2.10.